The zero-order valence-corrected chi connectivity index (χ0v) is 12.8. The van der Waals surface area contributed by atoms with Crippen molar-refractivity contribution in [3.8, 4) is 6.07 Å². The molecule has 2 heterocycles. The Morgan fingerprint density at radius 3 is 2.91 bits per heavy atom. The highest BCUT2D eigenvalue weighted by Gasteiger charge is 2.44. The Balaban J connectivity index is 2.43. The molecule has 2 rings (SSSR count). The van der Waals surface area contributed by atoms with Crippen LogP contribution in [0.5, 0.6) is 0 Å². The Morgan fingerprint density at radius 2 is 2.32 bits per heavy atom. The zero-order valence-electron chi connectivity index (χ0n) is 12.0. The predicted molar refractivity (Wildman–Crippen MR) is 77.6 cm³/mol. The van der Waals surface area contributed by atoms with E-state index in [9.17, 15) is 15.0 Å². The summed E-state index contributed by atoms with van der Waals surface area (Å²) in [7, 11) is 1.42. The molecule has 1 aromatic heterocycles. The second-order valence-electron chi connectivity index (χ2n) is 4.84. The molecule has 1 fully saturated rings. The summed E-state index contributed by atoms with van der Waals surface area (Å²) < 4.78 is 13.8. The molecule has 0 aromatic carbocycles. The first-order chi connectivity index (χ1) is 10.5. The molecule has 4 atom stereocenters. The molecular formula is C13H17N3O5S. The summed E-state index contributed by atoms with van der Waals surface area (Å²) in [6, 6.07) is 3.27. The maximum Gasteiger partial charge on any atom is 0.254 e. The minimum atomic E-state index is -1.01. The molecule has 0 radical (unpaired) electrons. The highest BCUT2D eigenvalue weighted by Crippen LogP contribution is 2.31. The molecule has 0 aliphatic carbocycles. The first-order valence-electron chi connectivity index (χ1n) is 6.71. The van der Waals surface area contributed by atoms with Gasteiger partial charge >= 0.3 is 0 Å². The van der Waals surface area contributed by atoms with Gasteiger partial charge in [-0.25, -0.2) is 0 Å². The van der Waals surface area contributed by atoms with Crippen molar-refractivity contribution in [3.05, 3.63) is 27.4 Å². The number of ether oxygens (including phenoxy) is 2. The molecule has 1 aromatic rings. The van der Waals surface area contributed by atoms with E-state index >= 15 is 0 Å². The average molecular weight is 327 g/mol. The molecule has 1 aliphatic heterocycles. The van der Waals surface area contributed by atoms with E-state index in [0.717, 1.165) is 0 Å². The van der Waals surface area contributed by atoms with Gasteiger partial charge in [-0.1, -0.05) is 0 Å². The van der Waals surface area contributed by atoms with E-state index in [1.807, 2.05) is 6.07 Å². The van der Waals surface area contributed by atoms with Gasteiger partial charge in [0.15, 0.2) is 11.0 Å². The highest BCUT2D eigenvalue weighted by molar-refractivity contribution is 7.71. The Kier molecular flexibility index (Phi) is 5.44. The van der Waals surface area contributed by atoms with Gasteiger partial charge < -0.3 is 19.7 Å². The molecule has 9 heteroatoms. The summed E-state index contributed by atoms with van der Waals surface area (Å²) >= 11 is 5.28. The average Bonchev–Trinajstić information content (AvgIpc) is 2.83. The standard InChI is InChI=1S/C13H17N3O5S/c1-20-11-10(19)8(7-17)21-12(11)16-6-3-9(18)15(13(16)22)5-2-4-14/h3,6,8,10-12,17,19H,2,5,7H2,1H3/t8-,10-,11-,12-/m1/s1. The smallest absolute Gasteiger partial charge is 0.254 e. The lowest BCUT2D eigenvalue weighted by atomic mass is 10.1. The molecule has 0 unspecified atom stereocenters. The van der Waals surface area contributed by atoms with Crippen LogP contribution in [0.3, 0.4) is 0 Å². The largest absolute Gasteiger partial charge is 0.394 e. The van der Waals surface area contributed by atoms with Crippen molar-refractivity contribution in [2.24, 2.45) is 0 Å². The van der Waals surface area contributed by atoms with Crippen molar-refractivity contribution < 1.29 is 19.7 Å². The number of nitrogens with zero attached hydrogens (tertiary/aromatic N) is 3. The van der Waals surface area contributed by atoms with Gasteiger partial charge in [-0.15, -0.1) is 0 Å². The van der Waals surface area contributed by atoms with E-state index in [2.05, 4.69) is 0 Å². The molecule has 8 nitrogen and oxygen atoms in total. The van der Waals surface area contributed by atoms with Crippen molar-refractivity contribution in [1.82, 2.24) is 9.13 Å². The van der Waals surface area contributed by atoms with Gasteiger partial charge in [0.05, 0.1) is 19.1 Å². The van der Waals surface area contributed by atoms with Gasteiger partial charge in [-0.2, -0.15) is 5.26 Å². The fourth-order valence-electron chi connectivity index (χ4n) is 2.44. The first-order valence-corrected chi connectivity index (χ1v) is 7.12. The van der Waals surface area contributed by atoms with E-state index < -0.39 is 24.5 Å². The van der Waals surface area contributed by atoms with Crippen LogP contribution in [0.25, 0.3) is 0 Å². The van der Waals surface area contributed by atoms with Crippen LogP contribution in [0.1, 0.15) is 12.6 Å². The lowest BCUT2D eigenvalue weighted by Crippen LogP contribution is -2.35. The summed E-state index contributed by atoms with van der Waals surface area (Å²) in [6.45, 7) is -0.190. The van der Waals surface area contributed by atoms with Crippen LogP contribution in [-0.4, -0.2) is 51.4 Å². The van der Waals surface area contributed by atoms with Gasteiger partial charge in [0.1, 0.15) is 18.3 Å². The van der Waals surface area contributed by atoms with E-state index in [-0.39, 0.29) is 29.9 Å². The number of rotatable bonds is 5. The minimum Gasteiger partial charge on any atom is -0.394 e. The number of aliphatic hydroxyl groups excluding tert-OH is 2. The Labute approximate surface area is 131 Å². The Bertz CT molecular complexity index is 679. The maximum absolute atomic E-state index is 11.9. The number of hydrogen-bond acceptors (Lipinski definition) is 7. The summed E-state index contributed by atoms with van der Waals surface area (Å²) in [6.07, 6.45) is -1.70. The predicted octanol–water partition coefficient (Wildman–Crippen LogP) is -0.441. The SMILES string of the molecule is CO[C@@H]1[C@H](O)[C@@H](CO)O[C@H]1n1ccc(=O)n(CCC#N)c1=S. The molecule has 0 bridgehead atoms. The lowest BCUT2D eigenvalue weighted by Gasteiger charge is -2.22. The van der Waals surface area contributed by atoms with E-state index in [1.165, 1.54) is 28.5 Å². The summed E-state index contributed by atoms with van der Waals surface area (Å²) in [5, 5.41) is 28.0. The summed E-state index contributed by atoms with van der Waals surface area (Å²) in [4.78, 5) is 11.9. The fraction of sp³-hybridized carbons (Fsp3) is 0.615. The van der Waals surface area contributed by atoms with Crippen molar-refractivity contribution in [3.63, 3.8) is 0 Å². The lowest BCUT2D eigenvalue weighted by molar-refractivity contribution is -0.0621. The van der Waals surface area contributed by atoms with Crippen molar-refractivity contribution >= 4 is 12.2 Å². The molecule has 0 spiro atoms. The van der Waals surface area contributed by atoms with Crippen LogP contribution in [0.15, 0.2) is 17.1 Å². The summed E-state index contributed by atoms with van der Waals surface area (Å²) in [5.41, 5.74) is -0.317. The normalized spacial score (nSPS) is 27.7. The first kappa shape index (κ1) is 16.8. The molecule has 1 saturated heterocycles. The monoisotopic (exact) mass is 327 g/mol. The van der Waals surface area contributed by atoms with Gasteiger partial charge in [0.25, 0.3) is 5.56 Å². The number of methoxy groups -OCH3 is 1. The number of aromatic nitrogens is 2. The zero-order chi connectivity index (χ0) is 16.3. The second-order valence-corrected chi connectivity index (χ2v) is 5.21. The van der Waals surface area contributed by atoms with Crippen LogP contribution in [0.2, 0.25) is 0 Å². The minimum absolute atomic E-state index is 0.148. The van der Waals surface area contributed by atoms with Crippen molar-refractivity contribution in [1.29, 1.82) is 5.26 Å². The Morgan fingerprint density at radius 1 is 1.59 bits per heavy atom. The van der Waals surface area contributed by atoms with Crippen molar-refractivity contribution in [2.75, 3.05) is 13.7 Å². The summed E-state index contributed by atoms with van der Waals surface area (Å²) in [5.74, 6) is 0. The fourth-order valence-corrected chi connectivity index (χ4v) is 2.79. The topological polar surface area (TPSA) is 110 Å². The van der Waals surface area contributed by atoms with Gasteiger partial charge in [0.2, 0.25) is 0 Å². The van der Waals surface area contributed by atoms with Crippen LogP contribution < -0.4 is 5.56 Å². The van der Waals surface area contributed by atoms with E-state index in [0.29, 0.717) is 0 Å². The van der Waals surface area contributed by atoms with Gasteiger partial charge in [0, 0.05) is 25.9 Å². The molecule has 0 amide bonds. The van der Waals surface area contributed by atoms with Gasteiger partial charge in [-0.05, 0) is 12.2 Å². The van der Waals surface area contributed by atoms with E-state index in [1.54, 1.807) is 0 Å². The van der Waals surface area contributed by atoms with Crippen LogP contribution in [0.4, 0.5) is 0 Å². The van der Waals surface area contributed by atoms with Gasteiger partial charge in [-0.3, -0.25) is 13.9 Å². The molecule has 0 saturated carbocycles. The molecule has 120 valence electrons. The van der Waals surface area contributed by atoms with Crippen LogP contribution in [0, 0.1) is 16.1 Å². The molecule has 2 N–H and O–H groups in total. The van der Waals surface area contributed by atoms with Crippen molar-refractivity contribution in [2.45, 2.75) is 37.5 Å². The third kappa shape index (κ3) is 2.97. The Hall–Kier alpha value is -1.57. The molecule has 1 aliphatic rings. The third-order valence-electron chi connectivity index (χ3n) is 3.58. The number of aliphatic hydroxyl groups is 2. The molecule has 22 heavy (non-hydrogen) atoms. The number of nitriles is 1. The molecular weight excluding hydrogens is 310 g/mol. The highest BCUT2D eigenvalue weighted by atomic mass is 32.1. The second kappa shape index (κ2) is 7.13. The van der Waals surface area contributed by atoms with Crippen LogP contribution in [-0.2, 0) is 16.0 Å². The maximum atomic E-state index is 11.9. The van der Waals surface area contributed by atoms with E-state index in [4.69, 9.17) is 27.0 Å². The van der Waals surface area contributed by atoms with Crippen LogP contribution >= 0.6 is 12.2 Å². The third-order valence-corrected chi connectivity index (χ3v) is 4.01. The number of hydrogen-bond donors (Lipinski definition) is 2. The quantitative estimate of drug-likeness (QED) is 0.705.